The number of pyridine rings is 1. The van der Waals surface area contributed by atoms with E-state index in [2.05, 4.69) is 10.3 Å². The molecule has 1 N–H and O–H groups in total. The highest BCUT2D eigenvalue weighted by Gasteiger charge is 2.39. The van der Waals surface area contributed by atoms with Crippen LogP contribution in [0.15, 0.2) is 60.8 Å². The van der Waals surface area contributed by atoms with Crippen LogP contribution in [-0.2, 0) is 11.2 Å². The molecule has 8 heteroatoms. The summed E-state index contributed by atoms with van der Waals surface area (Å²) in [5, 5.41) is 4.13. The van der Waals surface area contributed by atoms with Crippen LogP contribution in [0.5, 0.6) is 0 Å². The highest BCUT2D eigenvalue weighted by Crippen LogP contribution is 2.38. The van der Waals surface area contributed by atoms with Gasteiger partial charge in [0.15, 0.2) is 0 Å². The summed E-state index contributed by atoms with van der Waals surface area (Å²) in [7, 11) is 0. The van der Waals surface area contributed by atoms with E-state index in [0.717, 1.165) is 10.9 Å². The molecule has 0 bridgehead atoms. The van der Waals surface area contributed by atoms with E-state index < -0.39 is 22.6 Å². The molecule has 0 saturated heterocycles. The fraction of sp³-hybridized carbons (Fsp3) is 0.238. The SMILES string of the molecule is CC(CSC(F)(F)F)(Cc1ccc(Cl)cc1)C(=O)Nc1cccc2cccnc12. The standard InChI is InChI=1S/C21H18ClF3N2OS/c1-20(13-29-21(23,24)25,12-14-7-9-16(22)10-8-14)19(28)27-17-6-2-4-15-5-3-11-26-18(15)17/h2-11H,12-13H2,1H3,(H,27,28). The van der Waals surface area contributed by atoms with E-state index >= 15 is 0 Å². The van der Waals surface area contributed by atoms with Crippen LogP contribution < -0.4 is 5.32 Å². The summed E-state index contributed by atoms with van der Waals surface area (Å²) in [6.07, 6.45) is 1.74. The van der Waals surface area contributed by atoms with Crippen LogP contribution in [0.2, 0.25) is 5.02 Å². The van der Waals surface area contributed by atoms with Gasteiger partial charge in [-0.05, 0) is 54.9 Å². The predicted octanol–water partition coefficient (Wildman–Crippen LogP) is 6.33. The van der Waals surface area contributed by atoms with E-state index in [4.69, 9.17) is 11.6 Å². The fourth-order valence-corrected chi connectivity index (χ4v) is 3.81. The number of nitrogens with zero attached hydrogens (tertiary/aromatic N) is 1. The first kappa shape index (κ1) is 21.5. The van der Waals surface area contributed by atoms with Crippen molar-refractivity contribution in [2.45, 2.75) is 18.9 Å². The van der Waals surface area contributed by atoms with Gasteiger partial charge in [-0.1, -0.05) is 41.9 Å². The number of fused-ring (bicyclic) bond motifs is 1. The fourth-order valence-electron chi connectivity index (χ4n) is 2.97. The number of rotatable bonds is 6. The second kappa shape index (κ2) is 8.63. The molecular weight excluding hydrogens is 421 g/mol. The van der Waals surface area contributed by atoms with Crippen LogP contribution in [0.25, 0.3) is 10.9 Å². The molecule has 0 aliphatic carbocycles. The van der Waals surface area contributed by atoms with Crippen molar-refractivity contribution in [3.8, 4) is 0 Å². The van der Waals surface area contributed by atoms with Gasteiger partial charge in [0.05, 0.1) is 16.6 Å². The topological polar surface area (TPSA) is 42.0 Å². The van der Waals surface area contributed by atoms with Crippen LogP contribution in [-0.4, -0.2) is 22.2 Å². The van der Waals surface area contributed by atoms with Crippen molar-refractivity contribution >= 4 is 45.9 Å². The van der Waals surface area contributed by atoms with Crippen molar-refractivity contribution in [3.63, 3.8) is 0 Å². The lowest BCUT2D eigenvalue weighted by Gasteiger charge is -2.29. The quantitative estimate of drug-likeness (QED) is 0.489. The average Bonchev–Trinajstić information content (AvgIpc) is 2.68. The zero-order valence-electron chi connectivity index (χ0n) is 15.5. The van der Waals surface area contributed by atoms with Crippen molar-refractivity contribution < 1.29 is 18.0 Å². The lowest BCUT2D eigenvalue weighted by Crippen LogP contribution is -2.38. The van der Waals surface area contributed by atoms with Crippen LogP contribution in [0.1, 0.15) is 12.5 Å². The van der Waals surface area contributed by atoms with E-state index in [9.17, 15) is 18.0 Å². The molecule has 0 aliphatic rings. The summed E-state index contributed by atoms with van der Waals surface area (Å²) in [6, 6.07) is 15.7. The Morgan fingerprint density at radius 3 is 2.48 bits per heavy atom. The lowest BCUT2D eigenvalue weighted by molar-refractivity contribution is -0.123. The van der Waals surface area contributed by atoms with Gasteiger partial charge >= 0.3 is 5.51 Å². The second-order valence-corrected chi connectivity index (χ2v) is 8.41. The van der Waals surface area contributed by atoms with Gasteiger partial charge in [0.25, 0.3) is 0 Å². The molecule has 152 valence electrons. The average molecular weight is 439 g/mol. The minimum absolute atomic E-state index is 0.136. The smallest absolute Gasteiger partial charge is 0.324 e. The number of hydrogen-bond donors (Lipinski definition) is 1. The number of para-hydroxylation sites is 1. The molecule has 0 fully saturated rings. The van der Waals surface area contributed by atoms with Gasteiger partial charge in [-0.3, -0.25) is 9.78 Å². The molecule has 2 aromatic carbocycles. The zero-order valence-corrected chi connectivity index (χ0v) is 17.0. The van der Waals surface area contributed by atoms with Crippen LogP contribution in [0.4, 0.5) is 18.9 Å². The van der Waals surface area contributed by atoms with E-state index in [0.29, 0.717) is 16.2 Å². The number of hydrogen-bond acceptors (Lipinski definition) is 3. The van der Waals surface area contributed by atoms with E-state index in [1.54, 1.807) is 48.7 Å². The Morgan fingerprint density at radius 2 is 1.79 bits per heavy atom. The number of aromatic nitrogens is 1. The van der Waals surface area contributed by atoms with Crippen molar-refractivity contribution in [1.82, 2.24) is 4.98 Å². The Kier molecular flexibility index (Phi) is 6.39. The van der Waals surface area contributed by atoms with E-state index in [-0.39, 0.29) is 18.2 Å². The first-order valence-corrected chi connectivity index (χ1v) is 10.1. The monoisotopic (exact) mass is 438 g/mol. The largest absolute Gasteiger partial charge is 0.441 e. The summed E-state index contributed by atoms with van der Waals surface area (Å²) in [6.45, 7) is 1.54. The Labute approximate surface area is 175 Å². The molecule has 1 amide bonds. The van der Waals surface area contributed by atoms with Gasteiger partial charge < -0.3 is 5.32 Å². The highest BCUT2D eigenvalue weighted by atomic mass is 35.5. The number of amides is 1. The summed E-state index contributed by atoms with van der Waals surface area (Å²) in [5.74, 6) is -0.911. The zero-order chi connectivity index (χ0) is 21.1. The van der Waals surface area contributed by atoms with Gasteiger partial charge in [0.2, 0.25) is 5.91 Å². The maximum absolute atomic E-state index is 13.1. The minimum Gasteiger partial charge on any atom is -0.324 e. The van der Waals surface area contributed by atoms with Gasteiger partial charge in [-0.2, -0.15) is 13.2 Å². The van der Waals surface area contributed by atoms with Gasteiger partial charge in [0.1, 0.15) is 0 Å². The number of benzene rings is 2. The molecule has 1 unspecified atom stereocenters. The maximum atomic E-state index is 13.1. The summed E-state index contributed by atoms with van der Waals surface area (Å²) < 4.78 is 38.6. The minimum atomic E-state index is -4.43. The molecule has 1 atom stereocenters. The lowest BCUT2D eigenvalue weighted by atomic mass is 9.84. The molecule has 0 saturated carbocycles. The van der Waals surface area contributed by atoms with Crippen molar-refractivity contribution in [3.05, 3.63) is 71.4 Å². The molecule has 3 aromatic rings. The third-order valence-corrected chi connectivity index (χ3v) is 5.85. The molecule has 0 spiro atoms. The van der Waals surface area contributed by atoms with Crippen molar-refractivity contribution in [2.75, 3.05) is 11.1 Å². The van der Waals surface area contributed by atoms with Gasteiger partial charge in [-0.15, -0.1) is 0 Å². The molecule has 3 rings (SSSR count). The summed E-state index contributed by atoms with van der Waals surface area (Å²) >= 11 is 5.69. The van der Waals surface area contributed by atoms with Crippen molar-refractivity contribution in [1.29, 1.82) is 0 Å². The third kappa shape index (κ3) is 5.64. The van der Waals surface area contributed by atoms with Gasteiger partial charge in [0, 0.05) is 22.4 Å². The Hall–Kier alpha value is -2.25. The Morgan fingerprint density at radius 1 is 1.10 bits per heavy atom. The number of nitrogens with one attached hydrogen (secondary N) is 1. The Balaban J connectivity index is 1.89. The maximum Gasteiger partial charge on any atom is 0.441 e. The van der Waals surface area contributed by atoms with Crippen LogP contribution in [0.3, 0.4) is 0 Å². The molecule has 1 aromatic heterocycles. The molecule has 0 aliphatic heterocycles. The van der Waals surface area contributed by atoms with E-state index in [1.165, 1.54) is 6.92 Å². The molecule has 3 nitrogen and oxygen atoms in total. The highest BCUT2D eigenvalue weighted by molar-refractivity contribution is 8.00. The number of halogens is 4. The van der Waals surface area contributed by atoms with E-state index in [1.807, 2.05) is 12.1 Å². The number of carbonyl (C=O) groups is 1. The first-order chi connectivity index (χ1) is 13.7. The van der Waals surface area contributed by atoms with Crippen LogP contribution >= 0.6 is 23.4 Å². The number of carbonyl (C=O) groups excluding carboxylic acids is 1. The first-order valence-electron chi connectivity index (χ1n) is 8.77. The molecule has 29 heavy (non-hydrogen) atoms. The van der Waals surface area contributed by atoms with Crippen LogP contribution in [0, 0.1) is 5.41 Å². The Bertz CT molecular complexity index is 1010. The normalized spacial score (nSPS) is 13.8. The van der Waals surface area contributed by atoms with Crippen molar-refractivity contribution in [2.24, 2.45) is 5.41 Å². The molecule has 1 heterocycles. The third-order valence-electron chi connectivity index (χ3n) is 4.49. The summed E-state index contributed by atoms with van der Waals surface area (Å²) in [4.78, 5) is 17.4. The molecular formula is C21H18ClF3N2OS. The molecule has 0 radical (unpaired) electrons. The second-order valence-electron chi connectivity index (χ2n) is 6.93. The van der Waals surface area contributed by atoms with Gasteiger partial charge in [-0.25, -0.2) is 0 Å². The number of thioether (sulfide) groups is 1. The summed E-state index contributed by atoms with van der Waals surface area (Å²) in [5.41, 5.74) is -3.95. The predicted molar refractivity (Wildman–Crippen MR) is 112 cm³/mol. The number of alkyl halides is 3. The number of anilines is 1.